The summed E-state index contributed by atoms with van der Waals surface area (Å²) in [6.07, 6.45) is 7.64. The van der Waals surface area contributed by atoms with E-state index >= 15 is 0 Å². The predicted octanol–water partition coefficient (Wildman–Crippen LogP) is 2.45. The van der Waals surface area contributed by atoms with Crippen molar-refractivity contribution >= 4 is 21.2 Å². The summed E-state index contributed by atoms with van der Waals surface area (Å²) in [5, 5.41) is 0. The van der Waals surface area contributed by atoms with Gasteiger partial charge < -0.3 is 5.73 Å². The molecule has 0 bridgehead atoms. The molecule has 0 fully saturated rings. The normalized spacial score (nSPS) is 17.4. The van der Waals surface area contributed by atoms with E-state index in [9.17, 15) is 8.42 Å². The monoisotopic (exact) mass is 287 g/mol. The lowest BCUT2D eigenvalue weighted by molar-refractivity contribution is 0.589. The van der Waals surface area contributed by atoms with Gasteiger partial charge in [0.2, 0.25) is 0 Å². The largest absolute Gasteiger partial charge is 0.323 e. The zero-order chi connectivity index (χ0) is 13.2. The van der Waals surface area contributed by atoms with Gasteiger partial charge in [-0.3, -0.25) is 0 Å². The number of hydrogen-bond acceptors (Lipinski definition) is 4. The Kier molecular flexibility index (Phi) is 4.45. The van der Waals surface area contributed by atoms with E-state index in [0.29, 0.717) is 6.42 Å². The van der Waals surface area contributed by atoms with Crippen molar-refractivity contribution in [2.75, 3.05) is 12.0 Å². The van der Waals surface area contributed by atoms with Crippen LogP contribution < -0.4 is 5.73 Å². The van der Waals surface area contributed by atoms with Crippen LogP contribution >= 0.6 is 11.3 Å². The van der Waals surface area contributed by atoms with E-state index in [1.165, 1.54) is 47.3 Å². The second-order valence-electron chi connectivity index (χ2n) is 5.18. The second kappa shape index (κ2) is 5.72. The second-order valence-corrected chi connectivity index (χ2v) is 8.61. The molecule has 2 rings (SSSR count). The molecule has 0 amide bonds. The van der Waals surface area contributed by atoms with E-state index in [1.807, 2.05) is 11.3 Å². The lowest BCUT2D eigenvalue weighted by atomic mass is 9.98. The Morgan fingerprint density at radius 2 is 2.11 bits per heavy atom. The Labute approximate surface area is 113 Å². The van der Waals surface area contributed by atoms with E-state index < -0.39 is 9.84 Å². The molecule has 0 spiro atoms. The van der Waals surface area contributed by atoms with Crippen LogP contribution in [0.1, 0.15) is 47.0 Å². The zero-order valence-electron chi connectivity index (χ0n) is 10.8. The Morgan fingerprint density at radius 1 is 1.39 bits per heavy atom. The van der Waals surface area contributed by atoms with E-state index in [2.05, 4.69) is 6.07 Å². The van der Waals surface area contributed by atoms with E-state index in [-0.39, 0.29) is 11.8 Å². The van der Waals surface area contributed by atoms with Gasteiger partial charge in [-0.05, 0) is 50.2 Å². The number of fused-ring (bicyclic) bond motifs is 1. The fourth-order valence-electron chi connectivity index (χ4n) is 2.40. The van der Waals surface area contributed by atoms with Gasteiger partial charge in [-0.15, -0.1) is 11.3 Å². The molecule has 1 unspecified atom stereocenters. The highest BCUT2D eigenvalue weighted by Crippen LogP contribution is 2.33. The smallest absolute Gasteiger partial charge is 0.147 e. The number of hydrogen-bond donors (Lipinski definition) is 1. The SMILES string of the molecule is CS(=O)(=O)CCCC(N)c1cc2c(s1)CCCC2. The molecule has 1 aromatic heterocycles. The number of sulfone groups is 1. The third-order valence-electron chi connectivity index (χ3n) is 3.41. The molecule has 3 nitrogen and oxygen atoms in total. The predicted molar refractivity (Wildman–Crippen MR) is 76.8 cm³/mol. The summed E-state index contributed by atoms with van der Waals surface area (Å²) in [7, 11) is -2.86. The Morgan fingerprint density at radius 3 is 2.78 bits per heavy atom. The van der Waals surface area contributed by atoms with Crippen molar-refractivity contribution in [3.05, 3.63) is 21.4 Å². The fourth-order valence-corrected chi connectivity index (χ4v) is 4.39. The Bertz CT molecular complexity index is 482. The quantitative estimate of drug-likeness (QED) is 0.905. The number of rotatable bonds is 5. The topological polar surface area (TPSA) is 60.2 Å². The summed E-state index contributed by atoms with van der Waals surface area (Å²) >= 11 is 1.83. The first kappa shape index (κ1) is 14.0. The highest BCUT2D eigenvalue weighted by Gasteiger charge is 2.17. The van der Waals surface area contributed by atoms with Gasteiger partial charge in [0.15, 0.2) is 0 Å². The molecule has 102 valence electrons. The van der Waals surface area contributed by atoms with Crippen LogP contribution in [0.2, 0.25) is 0 Å². The first-order valence-corrected chi connectivity index (χ1v) is 9.38. The maximum absolute atomic E-state index is 11.1. The number of thiophene rings is 1. The summed E-state index contributed by atoms with van der Waals surface area (Å²) in [4.78, 5) is 2.73. The van der Waals surface area contributed by atoms with Gasteiger partial charge in [0.1, 0.15) is 9.84 Å². The van der Waals surface area contributed by atoms with E-state index in [0.717, 1.165) is 6.42 Å². The minimum absolute atomic E-state index is 0.00218. The number of aryl methyl sites for hydroxylation is 2. The molecule has 0 saturated heterocycles. The highest BCUT2D eigenvalue weighted by molar-refractivity contribution is 7.90. The van der Waals surface area contributed by atoms with Crippen molar-refractivity contribution in [1.29, 1.82) is 0 Å². The van der Waals surface area contributed by atoms with Crippen LogP contribution in [-0.4, -0.2) is 20.4 Å². The van der Waals surface area contributed by atoms with E-state index in [1.54, 1.807) is 0 Å². The molecular weight excluding hydrogens is 266 g/mol. The molecule has 5 heteroatoms. The summed E-state index contributed by atoms with van der Waals surface area (Å²) in [5.74, 6) is 0.242. The third-order valence-corrected chi connectivity index (χ3v) is 5.81. The molecular formula is C13H21NO2S2. The van der Waals surface area contributed by atoms with Crippen LogP contribution in [0, 0.1) is 0 Å². The van der Waals surface area contributed by atoms with Crippen molar-refractivity contribution in [1.82, 2.24) is 0 Å². The van der Waals surface area contributed by atoms with Crippen molar-refractivity contribution < 1.29 is 8.42 Å². The molecule has 1 aliphatic carbocycles. The van der Waals surface area contributed by atoms with Gasteiger partial charge in [-0.1, -0.05) is 0 Å². The molecule has 1 atom stereocenters. The van der Waals surface area contributed by atoms with Crippen molar-refractivity contribution in [3.8, 4) is 0 Å². The summed E-state index contributed by atoms with van der Waals surface area (Å²) < 4.78 is 22.1. The van der Waals surface area contributed by atoms with Crippen LogP contribution in [0.25, 0.3) is 0 Å². The first-order chi connectivity index (χ1) is 8.46. The van der Waals surface area contributed by atoms with Crippen LogP contribution in [0.5, 0.6) is 0 Å². The van der Waals surface area contributed by atoms with Crippen molar-refractivity contribution in [2.24, 2.45) is 5.73 Å². The summed E-state index contributed by atoms with van der Waals surface area (Å²) in [6, 6.07) is 2.24. The molecule has 0 aromatic carbocycles. The van der Waals surface area contributed by atoms with Crippen LogP contribution in [0.3, 0.4) is 0 Å². The molecule has 18 heavy (non-hydrogen) atoms. The van der Waals surface area contributed by atoms with Crippen molar-refractivity contribution in [3.63, 3.8) is 0 Å². The van der Waals surface area contributed by atoms with E-state index in [4.69, 9.17) is 5.73 Å². The maximum Gasteiger partial charge on any atom is 0.147 e. The zero-order valence-corrected chi connectivity index (χ0v) is 12.4. The average molecular weight is 287 g/mol. The summed E-state index contributed by atoms with van der Waals surface area (Å²) in [6.45, 7) is 0. The maximum atomic E-state index is 11.1. The average Bonchev–Trinajstić information content (AvgIpc) is 2.70. The summed E-state index contributed by atoms with van der Waals surface area (Å²) in [5.41, 5.74) is 7.62. The lowest BCUT2D eigenvalue weighted by Crippen LogP contribution is -2.11. The van der Waals surface area contributed by atoms with Crippen LogP contribution in [-0.2, 0) is 22.7 Å². The molecule has 0 radical (unpaired) electrons. The van der Waals surface area contributed by atoms with Gasteiger partial charge in [0.25, 0.3) is 0 Å². The Balaban J connectivity index is 1.92. The van der Waals surface area contributed by atoms with Crippen molar-refractivity contribution in [2.45, 2.75) is 44.6 Å². The van der Waals surface area contributed by atoms with Gasteiger partial charge in [-0.2, -0.15) is 0 Å². The lowest BCUT2D eigenvalue weighted by Gasteiger charge is -2.08. The number of nitrogens with two attached hydrogens (primary N) is 1. The first-order valence-electron chi connectivity index (χ1n) is 6.50. The molecule has 0 saturated carbocycles. The van der Waals surface area contributed by atoms with Crippen LogP contribution in [0.15, 0.2) is 6.07 Å². The highest BCUT2D eigenvalue weighted by atomic mass is 32.2. The third kappa shape index (κ3) is 3.80. The van der Waals surface area contributed by atoms with Gasteiger partial charge in [0.05, 0.1) is 0 Å². The minimum atomic E-state index is -2.86. The Hall–Kier alpha value is -0.390. The van der Waals surface area contributed by atoms with Gasteiger partial charge in [0, 0.05) is 27.8 Å². The molecule has 0 aliphatic heterocycles. The standard InChI is InChI=1S/C13H21NO2S2/c1-18(15,16)8-4-6-11(14)13-9-10-5-2-3-7-12(10)17-13/h9,11H,2-8,14H2,1H3. The minimum Gasteiger partial charge on any atom is -0.323 e. The molecule has 1 heterocycles. The van der Waals surface area contributed by atoms with Crippen LogP contribution in [0.4, 0.5) is 0 Å². The molecule has 1 aromatic rings. The fraction of sp³-hybridized carbons (Fsp3) is 0.692. The molecule has 1 aliphatic rings. The molecule has 2 N–H and O–H groups in total. The van der Waals surface area contributed by atoms with Gasteiger partial charge in [-0.25, -0.2) is 8.42 Å². The van der Waals surface area contributed by atoms with Gasteiger partial charge >= 0.3 is 0 Å².